The van der Waals surface area contributed by atoms with Crippen LogP contribution in [0.25, 0.3) is 0 Å². The summed E-state index contributed by atoms with van der Waals surface area (Å²) >= 11 is 0. The number of aliphatic hydroxyl groups excluding tert-OH is 1. The number of nitrogens with one attached hydrogen (secondary N) is 1. The van der Waals surface area contributed by atoms with Gasteiger partial charge in [0.15, 0.2) is 23.4 Å². The van der Waals surface area contributed by atoms with Crippen molar-refractivity contribution in [2.24, 2.45) is 5.73 Å². The minimum Gasteiger partial charge on any atom is -0.493 e. The van der Waals surface area contributed by atoms with E-state index in [0.717, 1.165) is 36.8 Å². The molecule has 8 nitrogen and oxygen atoms in total. The maximum Gasteiger partial charge on any atom is 0.417 e. The van der Waals surface area contributed by atoms with Crippen LogP contribution in [0.2, 0.25) is 0 Å². The molecule has 0 spiro atoms. The van der Waals surface area contributed by atoms with Crippen LogP contribution in [0.1, 0.15) is 35.3 Å². The first-order valence-electron chi connectivity index (χ1n) is 9.84. The number of aromatic nitrogens is 1. The van der Waals surface area contributed by atoms with E-state index in [4.69, 9.17) is 15.2 Å². The van der Waals surface area contributed by atoms with E-state index >= 15 is 0 Å². The van der Waals surface area contributed by atoms with Gasteiger partial charge in [-0.05, 0) is 19.4 Å². The molecule has 1 aliphatic rings. The van der Waals surface area contributed by atoms with E-state index in [1.165, 1.54) is 12.3 Å². The molecule has 3 atom stereocenters. The Bertz CT molecular complexity index is 1130. The number of amides is 2. The lowest BCUT2D eigenvalue weighted by Gasteiger charge is -2.27. The number of nitrogens with zero attached hydrogens (tertiary/aromatic N) is 1. The van der Waals surface area contributed by atoms with E-state index in [2.05, 4.69) is 5.32 Å². The number of benzene rings is 1. The standard InChI is InChI=1S/C21H20F5N3O5/c1-20(21(24,25)26)8-12(11-3-4-13(22)15(23)16(11)33-2)17(34-20)19(32)28-10-5-6-29(9-30)14(7-10)18(27)31/h3-7,12,17,30H,8-9H2,1-2H3,(H2,27,31)/p+1/t12-,17+,20+/m0/s1. The predicted octanol–water partition coefficient (Wildman–Crippen LogP) is 2.14. The number of alkyl halides is 3. The smallest absolute Gasteiger partial charge is 0.417 e. The van der Waals surface area contributed by atoms with Crippen molar-refractivity contribution in [1.29, 1.82) is 0 Å². The lowest BCUT2D eigenvalue weighted by Crippen LogP contribution is -2.44. The number of nitrogens with two attached hydrogens (primary N) is 1. The van der Waals surface area contributed by atoms with Gasteiger partial charge in [-0.3, -0.25) is 9.59 Å². The first-order valence-corrected chi connectivity index (χ1v) is 9.84. The van der Waals surface area contributed by atoms with Crippen LogP contribution in [-0.2, 0) is 16.3 Å². The summed E-state index contributed by atoms with van der Waals surface area (Å²) in [7, 11) is 1.01. The second kappa shape index (κ2) is 9.14. The molecule has 0 bridgehead atoms. The molecular weight excluding hydrogens is 469 g/mol. The van der Waals surface area contributed by atoms with Crippen LogP contribution >= 0.6 is 0 Å². The summed E-state index contributed by atoms with van der Waals surface area (Å²) in [6, 6.07) is 4.13. The first kappa shape index (κ1) is 25.3. The van der Waals surface area contributed by atoms with Gasteiger partial charge in [0.25, 0.3) is 18.3 Å². The van der Waals surface area contributed by atoms with Gasteiger partial charge < -0.3 is 25.6 Å². The van der Waals surface area contributed by atoms with Crippen molar-refractivity contribution < 1.29 is 50.7 Å². The number of rotatable bonds is 6. The Morgan fingerprint density at radius 3 is 2.56 bits per heavy atom. The quantitative estimate of drug-likeness (QED) is 0.424. The molecule has 0 radical (unpaired) electrons. The number of pyridine rings is 1. The van der Waals surface area contributed by atoms with Gasteiger partial charge in [-0.1, -0.05) is 6.07 Å². The van der Waals surface area contributed by atoms with Crippen LogP contribution in [-0.4, -0.2) is 41.9 Å². The zero-order chi connectivity index (χ0) is 25.4. The third-order valence-corrected chi connectivity index (χ3v) is 5.61. The highest BCUT2D eigenvalue weighted by Gasteiger charge is 2.61. The van der Waals surface area contributed by atoms with Crippen LogP contribution in [0.5, 0.6) is 5.75 Å². The van der Waals surface area contributed by atoms with Crippen molar-refractivity contribution in [1.82, 2.24) is 0 Å². The van der Waals surface area contributed by atoms with Crippen molar-refractivity contribution in [3.63, 3.8) is 0 Å². The van der Waals surface area contributed by atoms with Crippen LogP contribution < -0.4 is 20.4 Å². The lowest BCUT2D eigenvalue weighted by molar-refractivity contribution is -0.731. The SMILES string of the molecule is COc1c([C@@H]2C[C@](C)(C(F)(F)F)O[C@H]2C(=O)Nc2cc[n+](CO)c(C(N)=O)c2)ccc(F)c1F. The summed E-state index contributed by atoms with van der Waals surface area (Å²) < 4.78 is 80.3. The second-order valence-corrected chi connectivity index (χ2v) is 7.83. The van der Waals surface area contributed by atoms with E-state index in [1.807, 2.05) is 0 Å². The molecule has 3 rings (SSSR count). The molecule has 1 aromatic heterocycles. The van der Waals surface area contributed by atoms with Gasteiger partial charge in [-0.2, -0.15) is 22.1 Å². The van der Waals surface area contributed by atoms with Gasteiger partial charge in [-0.25, -0.2) is 4.39 Å². The molecule has 2 amide bonds. The maximum absolute atomic E-state index is 14.3. The number of ether oxygens (including phenoxy) is 2. The summed E-state index contributed by atoms with van der Waals surface area (Å²) in [5.41, 5.74) is 2.07. The first-order chi connectivity index (χ1) is 15.8. The summed E-state index contributed by atoms with van der Waals surface area (Å²) in [6.07, 6.45) is -6.22. The molecule has 2 heterocycles. The maximum atomic E-state index is 14.3. The number of halogens is 5. The van der Waals surface area contributed by atoms with Crippen molar-refractivity contribution >= 4 is 17.5 Å². The fourth-order valence-electron chi connectivity index (χ4n) is 3.83. The third-order valence-electron chi connectivity index (χ3n) is 5.61. The largest absolute Gasteiger partial charge is 0.493 e. The fraction of sp³-hybridized carbons (Fsp3) is 0.381. The van der Waals surface area contributed by atoms with Crippen molar-refractivity contribution in [2.75, 3.05) is 12.4 Å². The zero-order valence-electron chi connectivity index (χ0n) is 18.0. The van der Waals surface area contributed by atoms with Crippen molar-refractivity contribution in [3.05, 3.63) is 53.4 Å². The van der Waals surface area contributed by atoms with E-state index in [-0.39, 0.29) is 16.9 Å². The Labute approximate surface area is 190 Å². The normalized spacial score (nSPS) is 22.5. The Morgan fingerprint density at radius 1 is 1.32 bits per heavy atom. The molecule has 4 N–H and O–H groups in total. The number of carbonyl (C=O) groups is 2. The van der Waals surface area contributed by atoms with E-state index in [9.17, 15) is 36.6 Å². The average molecular weight is 490 g/mol. The Kier molecular flexibility index (Phi) is 6.80. The number of carbonyl (C=O) groups excluding carboxylic acids is 2. The minimum atomic E-state index is -4.88. The Morgan fingerprint density at radius 2 is 2.00 bits per heavy atom. The van der Waals surface area contributed by atoms with E-state index < -0.39 is 66.1 Å². The second-order valence-electron chi connectivity index (χ2n) is 7.83. The highest BCUT2D eigenvalue weighted by Crippen LogP contribution is 2.51. The van der Waals surface area contributed by atoms with E-state index in [1.54, 1.807) is 0 Å². The summed E-state index contributed by atoms with van der Waals surface area (Å²) in [6.45, 7) is 0.150. The molecule has 184 valence electrons. The predicted molar refractivity (Wildman–Crippen MR) is 106 cm³/mol. The van der Waals surface area contributed by atoms with Gasteiger partial charge in [0.2, 0.25) is 5.82 Å². The summed E-state index contributed by atoms with van der Waals surface area (Å²) in [4.78, 5) is 24.6. The topological polar surface area (TPSA) is 115 Å². The van der Waals surface area contributed by atoms with Gasteiger partial charge in [0.1, 0.15) is 6.10 Å². The number of aliphatic hydroxyl groups is 1. The molecule has 2 aromatic rings. The van der Waals surface area contributed by atoms with Gasteiger partial charge in [-0.15, -0.1) is 0 Å². The number of primary amides is 1. The Balaban J connectivity index is 2.02. The number of methoxy groups -OCH3 is 1. The van der Waals surface area contributed by atoms with Gasteiger partial charge in [0.05, 0.1) is 12.8 Å². The summed E-state index contributed by atoms with van der Waals surface area (Å²) in [5, 5.41) is 11.6. The molecule has 13 heteroatoms. The van der Waals surface area contributed by atoms with Gasteiger partial charge in [0, 0.05) is 23.6 Å². The highest BCUT2D eigenvalue weighted by molar-refractivity contribution is 5.96. The zero-order valence-corrected chi connectivity index (χ0v) is 18.0. The van der Waals surface area contributed by atoms with Crippen LogP contribution in [0.3, 0.4) is 0 Å². The van der Waals surface area contributed by atoms with Crippen LogP contribution in [0.15, 0.2) is 30.5 Å². The molecule has 34 heavy (non-hydrogen) atoms. The molecule has 0 unspecified atom stereocenters. The monoisotopic (exact) mass is 490 g/mol. The molecule has 0 saturated carbocycles. The van der Waals surface area contributed by atoms with Crippen LogP contribution in [0, 0.1) is 11.6 Å². The van der Waals surface area contributed by atoms with Crippen LogP contribution in [0.4, 0.5) is 27.6 Å². The van der Waals surface area contributed by atoms with Crippen molar-refractivity contribution in [3.8, 4) is 5.75 Å². The fourth-order valence-corrected chi connectivity index (χ4v) is 3.83. The lowest BCUT2D eigenvalue weighted by atomic mass is 9.85. The molecule has 1 aliphatic heterocycles. The molecule has 1 saturated heterocycles. The molecule has 1 aromatic carbocycles. The molecule has 1 fully saturated rings. The third kappa shape index (κ3) is 4.53. The van der Waals surface area contributed by atoms with Crippen molar-refractivity contribution in [2.45, 2.75) is 43.9 Å². The van der Waals surface area contributed by atoms with E-state index in [0.29, 0.717) is 0 Å². The number of anilines is 1. The minimum absolute atomic E-state index is 0.0243. The number of hydrogen-bond acceptors (Lipinski definition) is 5. The molecular formula is C21H21F5N3O5+. The van der Waals surface area contributed by atoms with Gasteiger partial charge >= 0.3 is 12.1 Å². The number of hydrogen-bond donors (Lipinski definition) is 3. The average Bonchev–Trinajstić information content (AvgIpc) is 3.14. The summed E-state index contributed by atoms with van der Waals surface area (Å²) in [5.74, 6) is -6.67. The molecule has 0 aliphatic carbocycles. The highest BCUT2D eigenvalue weighted by atomic mass is 19.4. The Hall–Kier alpha value is -3.32.